The van der Waals surface area contributed by atoms with Gasteiger partial charge in [-0.2, -0.15) is 0 Å². The van der Waals surface area contributed by atoms with E-state index in [-0.39, 0.29) is 19.2 Å². The number of aliphatic hydroxyl groups is 1. The third-order valence-electron chi connectivity index (χ3n) is 2.66. The Kier molecular flexibility index (Phi) is 5.81. The average molecular weight is 346 g/mol. The van der Waals surface area contributed by atoms with Crippen LogP contribution < -0.4 is 5.32 Å². The lowest BCUT2D eigenvalue weighted by Gasteiger charge is -2.21. The fourth-order valence-electron chi connectivity index (χ4n) is 1.69. The van der Waals surface area contributed by atoms with Gasteiger partial charge < -0.3 is 10.0 Å². The standard InChI is InChI=1S/C13H13Cl2N3O2S/c14-10-2-1-9(7-11(10)15)8-18(4-5-19)13(20)17-12-16-3-6-21-12/h1-3,6-7,19H,4-5,8H2,(H,16,17,20). The predicted molar refractivity (Wildman–Crippen MR) is 85.1 cm³/mol. The maximum Gasteiger partial charge on any atom is 0.324 e. The maximum atomic E-state index is 12.2. The lowest BCUT2D eigenvalue weighted by atomic mass is 10.2. The monoisotopic (exact) mass is 345 g/mol. The molecule has 0 spiro atoms. The van der Waals surface area contributed by atoms with E-state index in [4.69, 9.17) is 28.3 Å². The molecule has 1 heterocycles. The zero-order chi connectivity index (χ0) is 15.2. The highest BCUT2D eigenvalue weighted by molar-refractivity contribution is 7.13. The van der Waals surface area contributed by atoms with Crippen LogP contribution in [0.25, 0.3) is 0 Å². The maximum absolute atomic E-state index is 12.2. The van der Waals surface area contributed by atoms with Crippen molar-refractivity contribution in [3.05, 3.63) is 45.4 Å². The summed E-state index contributed by atoms with van der Waals surface area (Å²) in [6, 6.07) is 4.83. The molecule has 2 rings (SSSR count). The van der Waals surface area contributed by atoms with Gasteiger partial charge in [-0.3, -0.25) is 5.32 Å². The number of hydrogen-bond acceptors (Lipinski definition) is 4. The second kappa shape index (κ2) is 7.61. The van der Waals surface area contributed by atoms with E-state index in [0.717, 1.165) is 5.56 Å². The molecular formula is C13H13Cl2N3O2S. The summed E-state index contributed by atoms with van der Waals surface area (Å²) in [7, 11) is 0. The number of halogens is 2. The van der Waals surface area contributed by atoms with Crippen molar-refractivity contribution in [3.63, 3.8) is 0 Å². The Morgan fingerprint density at radius 3 is 2.81 bits per heavy atom. The van der Waals surface area contributed by atoms with E-state index in [0.29, 0.717) is 21.7 Å². The summed E-state index contributed by atoms with van der Waals surface area (Å²) < 4.78 is 0. The summed E-state index contributed by atoms with van der Waals surface area (Å²) in [6.07, 6.45) is 1.61. The molecule has 0 radical (unpaired) electrons. The minimum Gasteiger partial charge on any atom is -0.395 e. The third-order valence-corrected chi connectivity index (χ3v) is 4.09. The van der Waals surface area contributed by atoms with Gasteiger partial charge in [-0.05, 0) is 17.7 Å². The number of urea groups is 1. The number of rotatable bonds is 5. The van der Waals surface area contributed by atoms with E-state index in [1.807, 2.05) is 0 Å². The molecule has 112 valence electrons. The van der Waals surface area contributed by atoms with E-state index >= 15 is 0 Å². The zero-order valence-electron chi connectivity index (χ0n) is 10.9. The van der Waals surface area contributed by atoms with Gasteiger partial charge in [-0.1, -0.05) is 29.3 Å². The Morgan fingerprint density at radius 1 is 1.38 bits per heavy atom. The molecule has 0 aliphatic rings. The fourth-order valence-corrected chi connectivity index (χ4v) is 2.53. The smallest absolute Gasteiger partial charge is 0.324 e. The first-order valence-corrected chi connectivity index (χ1v) is 7.74. The van der Waals surface area contributed by atoms with Crippen LogP contribution in [0.3, 0.4) is 0 Å². The van der Waals surface area contributed by atoms with Crippen LogP contribution in [0.1, 0.15) is 5.56 Å². The summed E-state index contributed by atoms with van der Waals surface area (Å²) in [5, 5.41) is 15.0. The molecule has 8 heteroatoms. The molecule has 0 aliphatic heterocycles. The molecule has 2 amide bonds. The quantitative estimate of drug-likeness (QED) is 0.871. The number of carbonyl (C=O) groups is 1. The van der Waals surface area contributed by atoms with Crippen LogP contribution >= 0.6 is 34.5 Å². The molecule has 5 nitrogen and oxygen atoms in total. The van der Waals surface area contributed by atoms with Crippen molar-refractivity contribution < 1.29 is 9.90 Å². The van der Waals surface area contributed by atoms with Gasteiger partial charge >= 0.3 is 6.03 Å². The Balaban J connectivity index is 2.07. The minimum absolute atomic E-state index is 0.132. The molecule has 2 N–H and O–H groups in total. The van der Waals surface area contributed by atoms with Crippen LogP contribution in [-0.2, 0) is 6.54 Å². The van der Waals surface area contributed by atoms with Gasteiger partial charge in [-0.25, -0.2) is 9.78 Å². The average Bonchev–Trinajstić information content (AvgIpc) is 2.95. The number of aliphatic hydroxyl groups excluding tert-OH is 1. The Bertz CT molecular complexity index is 607. The van der Waals surface area contributed by atoms with Crippen molar-refractivity contribution in [2.75, 3.05) is 18.5 Å². The van der Waals surface area contributed by atoms with Crippen molar-refractivity contribution in [2.45, 2.75) is 6.54 Å². The van der Waals surface area contributed by atoms with Crippen LogP contribution in [0.5, 0.6) is 0 Å². The number of carbonyl (C=O) groups excluding carboxylic acids is 1. The minimum atomic E-state index is -0.329. The summed E-state index contributed by atoms with van der Waals surface area (Å²) >= 11 is 13.2. The van der Waals surface area contributed by atoms with Gasteiger partial charge in [-0.15, -0.1) is 11.3 Å². The first-order valence-electron chi connectivity index (χ1n) is 6.10. The van der Waals surface area contributed by atoms with Crippen LogP contribution in [0, 0.1) is 0 Å². The van der Waals surface area contributed by atoms with Gasteiger partial charge in [0, 0.05) is 24.7 Å². The summed E-state index contributed by atoms with van der Waals surface area (Å²) in [4.78, 5) is 17.6. The van der Waals surface area contributed by atoms with Crippen molar-refractivity contribution in [2.24, 2.45) is 0 Å². The third kappa shape index (κ3) is 4.57. The van der Waals surface area contributed by atoms with Gasteiger partial charge in [0.15, 0.2) is 5.13 Å². The number of aromatic nitrogens is 1. The van der Waals surface area contributed by atoms with Gasteiger partial charge in [0.05, 0.1) is 16.7 Å². The number of amides is 2. The Hall–Kier alpha value is -1.34. The summed E-state index contributed by atoms with van der Waals surface area (Å²) in [6.45, 7) is 0.388. The SMILES string of the molecule is O=C(Nc1nccs1)N(CCO)Cc1ccc(Cl)c(Cl)c1. The van der Waals surface area contributed by atoms with E-state index in [1.54, 1.807) is 29.8 Å². The molecule has 1 aromatic carbocycles. The Labute approximate surface area is 136 Å². The van der Waals surface area contributed by atoms with E-state index < -0.39 is 0 Å². The van der Waals surface area contributed by atoms with Gasteiger partial charge in [0.1, 0.15) is 0 Å². The summed E-state index contributed by atoms with van der Waals surface area (Å²) in [5.41, 5.74) is 0.826. The fraction of sp³-hybridized carbons (Fsp3) is 0.231. The summed E-state index contributed by atoms with van der Waals surface area (Å²) in [5.74, 6) is 0. The van der Waals surface area contributed by atoms with Crippen LogP contribution in [0.15, 0.2) is 29.8 Å². The molecule has 0 saturated heterocycles. The highest BCUT2D eigenvalue weighted by Gasteiger charge is 2.15. The van der Waals surface area contributed by atoms with Crippen molar-refractivity contribution in [1.82, 2.24) is 9.88 Å². The van der Waals surface area contributed by atoms with Crippen LogP contribution in [0.2, 0.25) is 10.0 Å². The number of benzene rings is 1. The van der Waals surface area contributed by atoms with Crippen molar-refractivity contribution in [1.29, 1.82) is 0 Å². The molecule has 0 fully saturated rings. The van der Waals surface area contributed by atoms with Crippen molar-refractivity contribution >= 4 is 45.7 Å². The molecule has 21 heavy (non-hydrogen) atoms. The normalized spacial score (nSPS) is 10.4. The molecule has 1 aromatic heterocycles. The second-order valence-corrected chi connectivity index (χ2v) is 5.87. The zero-order valence-corrected chi connectivity index (χ0v) is 13.3. The first kappa shape index (κ1) is 16.0. The molecule has 0 unspecified atom stereocenters. The molecule has 0 saturated carbocycles. The lowest BCUT2D eigenvalue weighted by Crippen LogP contribution is -2.36. The highest BCUT2D eigenvalue weighted by atomic mass is 35.5. The Morgan fingerprint density at radius 2 is 2.19 bits per heavy atom. The van der Waals surface area contributed by atoms with E-state index in [9.17, 15) is 4.79 Å². The number of nitrogens with one attached hydrogen (secondary N) is 1. The van der Waals surface area contributed by atoms with Crippen LogP contribution in [0.4, 0.5) is 9.93 Å². The highest BCUT2D eigenvalue weighted by Crippen LogP contribution is 2.23. The predicted octanol–water partition coefficient (Wildman–Crippen LogP) is 3.48. The van der Waals surface area contributed by atoms with E-state index in [1.165, 1.54) is 16.2 Å². The number of thiazole rings is 1. The molecule has 0 aliphatic carbocycles. The topological polar surface area (TPSA) is 65.5 Å². The molecule has 0 atom stereocenters. The largest absolute Gasteiger partial charge is 0.395 e. The lowest BCUT2D eigenvalue weighted by molar-refractivity contribution is 0.185. The second-order valence-electron chi connectivity index (χ2n) is 4.16. The van der Waals surface area contributed by atoms with Gasteiger partial charge in [0.25, 0.3) is 0 Å². The van der Waals surface area contributed by atoms with Gasteiger partial charge in [0.2, 0.25) is 0 Å². The first-order chi connectivity index (χ1) is 10.1. The molecule has 0 bridgehead atoms. The number of anilines is 1. The van der Waals surface area contributed by atoms with Crippen molar-refractivity contribution in [3.8, 4) is 0 Å². The molecule has 2 aromatic rings. The van der Waals surface area contributed by atoms with E-state index in [2.05, 4.69) is 10.3 Å². The number of hydrogen-bond donors (Lipinski definition) is 2. The number of nitrogens with zero attached hydrogens (tertiary/aromatic N) is 2. The van der Waals surface area contributed by atoms with Crippen LogP contribution in [-0.4, -0.2) is 34.2 Å². The molecular weight excluding hydrogens is 333 g/mol.